The number of aromatic nitrogens is 5. The number of nitrogens with one attached hydrogen (secondary N) is 2. The van der Waals surface area contributed by atoms with E-state index in [4.69, 9.17) is 16.9 Å². The Bertz CT molecular complexity index is 1060. The maximum Gasteiger partial charge on any atom is 0.180 e. The van der Waals surface area contributed by atoms with Crippen LogP contribution in [-0.4, -0.2) is 24.6 Å². The fourth-order valence-electron chi connectivity index (χ4n) is 2.43. The number of rotatable bonds is 3. The number of anilines is 2. The first-order chi connectivity index (χ1) is 11.8. The van der Waals surface area contributed by atoms with Gasteiger partial charge in [0.1, 0.15) is 6.07 Å². The Morgan fingerprint density at radius 3 is 2.92 bits per heavy atom. The highest BCUT2D eigenvalue weighted by Gasteiger charge is 2.11. The van der Waals surface area contributed by atoms with Crippen LogP contribution in [0.1, 0.15) is 5.56 Å². The number of fused-ring (bicyclic) bond motifs is 1. The van der Waals surface area contributed by atoms with Gasteiger partial charge >= 0.3 is 0 Å². The number of H-pyrrole nitrogens is 1. The first kappa shape index (κ1) is 14.2. The summed E-state index contributed by atoms with van der Waals surface area (Å²) in [5.41, 5.74) is 3.62. The van der Waals surface area contributed by atoms with Gasteiger partial charge in [0.2, 0.25) is 0 Å². The van der Waals surface area contributed by atoms with Gasteiger partial charge in [0.05, 0.1) is 28.7 Å². The molecule has 0 saturated carbocycles. The van der Waals surface area contributed by atoms with Gasteiger partial charge in [0.25, 0.3) is 0 Å². The highest BCUT2D eigenvalue weighted by atomic mass is 35.5. The number of benzene rings is 1. The Morgan fingerprint density at radius 2 is 2.17 bits per heavy atom. The SMILES string of the molecule is N#Cc1ccc(Nc2ncc(-c3cn[nH]c3)n3ccnc23)cc1Cl. The molecule has 0 atom stereocenters. The molecule has 0 spiro atoms. The summed E-state index contributed by atoms with van der Waals surface area (Å²) in [6.07, 6.45) is 8.83. The lowest BCUT2D eigenvalue weighted by atomic mass is 10.2. The van der Waals surface area contributed by atoms with Crippen LogP contribution in [0.15, 0.2) is 49.2 Å². The molecule has 8 heteroatoms. The highest BCUT2D eigenvalue weighted by Crippen LogP contribution is 2.26. The predicted molar refractivity (Wildman–Crippen MR) is 90.0 cm³/mol. The van der Waals surface area contributed by atoms with Crippen molar-refractivity contribution in [3.8, 4) is 17.3 Å². The fourth-order valence-corrected chi connectivity index (χ4v) is 2.65. The molecule has 4 aromatic rings. The van der Waals surface area contributed by atoms with Gasteiger partial charge in [-0.25, -0.2) is 9.97 Å². The van der Waals surface area contributed by atoms with Crippen LogP contribution in [0.3, 0.4) is 0 Å². The van der Waals surface area contributed by atoms with Crippen LogP contribution in [0.4, 0.5) is 11.5 Å². The number of aromatic amines is 1. The second-order valence-electron chi connectivity index (χ2n) is 5.03. The average molecular weight is 336 g/mol. The molecule has 4 rings (SSSR count). The third-order valence-corrected chi connectivity index (χ3v) is 3.89. The van der Waals surface area contributed by atoms with Crippen LogP contribution < -0.4 is 5.32 Å². The topological polar surface area (TPSA) is 94.7 Å². The first-order valence-electron chi connectivity index (χ1n) is 7.04. The van der Waals surface area contributed by atoms with E-state index >= 15 is 0 Å². The molecule has 24 heavy (non-hydrogen) atoms. The van der Waals surface area contributed by atoms with Crippen molar-refractivity contribution in [3.05, 3.63) is 59.8 Å². The standard InChI is InChI=1S/C16H10ClN7/c17-13-5-12(2-1-10(13)6-18)23-15-16-19-3-4-24(16)14(9-20-15)11-7-21-22-8-11/h1-5,7-9H,(H,20,23)(H,21,22). The Hall–Kier alpha value is -3.37. The van der Waals surface area contributed by atoms with E-state index in [0.717, 1.165) is 16.9 Å². The molecule has 0 fully saturated rings. The van der Waals surface area contributed by atoms with E-state index in [9.17, 15) is 0 Å². The van der Waals surface area contributed by atoms with Crippen molar-refractivity contribution in [1.29, 1.82) is 5.26 Å². The molecule has 0 saturated heterocycles. The van der Waals surface area contributed by atoms with Crippen LogP contribution >= 0.6 is 11.6 Å². The van der Waals surface area contributed by atoms with Crippen molar-refractivity contribution in [3.63, 3.8) is 0 Å². The van der Waals surface area contributed by atoms with E-state index in [1.165, 1.54) is 0 Å². The van der Waals surface area contributed by atoms with Crippen molar-refractivity contribution in [2.75, 3.05) is 5.32 Å². The van der Waals surface area contributed by atoms with E-state index in [1.54, 1.807) is 43.0 Å². The van der Waals surface area contributed by atoms with E-state index in [-0.39, 0.29) is 0 Å². The van der Waals surface area contributed by atoms with Crippen molar-refractivity contribution < 1.29 is 0 Å². The highest BCUT2D eigenvalue weighted by molar-refractivity contribution is 6.32. The lowest BCUT2D eigenvalue weighted by Gasteiger charge is -2.10. The number of nitriles is 1. The van der Waals surface area contributed by atoms with Gasteiger partial charge in [-0.1, -0.05) is 11.6 Å². The third kappa shape index (κ3) is 2.35. The molecule has 0 aliphatic heterocycles. The molecule has 0 bridgehead atoms. The van der Waals surface area contributed by atoms with Gasteiger partial charge in [-0.15, -0.1) is 0 Å². The quantitative estimate of drug-likeness (QED) is 0.598. The minimum atomic E-state index is 0.386. The molecule has 0 radical (unpaired) electrons. The molecule has 116 valence electrons. The number of hydrogen-bond acceptors (Lipinski definition) is 5. The second kappa shape index (κ2) is 5.68. The third-order valence-electron chi connectivity index (χ3n) is 3.57. The molecule has 0 amide bonds. The first-order valence-corrected chi connectivity index (χ1v) is 7.42. The second-order valence-corrected chi connectivity index (χ2v) is 5.44. The maximum atomic E-state index is 8.95. The van der Waals surface area contributed by atoms with Gasteiger partial charge in [-0.2, -0.15) is 10.4 Å². The summed E-state index contributed by atoms with van der Waals surface area (Å²) in [5, 5.41) is 19.3. The molecule has 0 aliphatic carbocycles. The van der Waals surface area contributed by atoms with Crippen molar-refractivity contribution in [2.45, 2.75) is 0 Å². The van der Waals surface area contributed by atoms with Crippen LogP contribution in [0.5, 0.6) is 0 Å². The summed E-state index contributed by atoms with van der Waals surface area (Å²) < 4.78 is 1.92. The summed E-state index contributed by atoms with van der Waals surface area (Å²) in [6, 6.07) is 7.15. The molecular weight excluding hydrogens is 326 g/mol. The molecule has 2 N–H and O–H groups in total. The molecule has 0 aliphatic rings. The Kier molecular flexibility index (Phi) is 3.37. The van der Waals surface area contributed by atoms with Crippen molar-refractivity contribution in [2.24, 2.45) is 0 Å². The summed E-state index contributed by atoms with van der Waals surface area (Å²) >= 11 is 6.07. The van der Waals surface area contributed by atoms with Gasteiger partial charge in [0, 0.05) is 29.8 Å². The van der Waals surface area contributed by atoms with E-state index in [0.29, 0.717) is 22.1 Å². The zero-order valence-corrected chi connectivity index (χ0v) is 13.0. The van der Waals surface area contributed by atoms with Crippen LogP contribution in [-0.2, 0) is 0 Å². The molecule has 7 nitrogen and oxygen atoms in total. The smallest absolute Gasteiger partial charge is 0.180 e. The van der Waals surface area contributed by atoms with E-state index < -0.39 is 0 Å². The number of hydrogen-bond donors (Lipinski definition) is 2. The van der Waals surface area contributed by atoms with Crippen LogP contribution in [0, 0.1) is 11.3 Å². The molecular formula is C16H10ClN7. The monoisotopic (exact) mass is 335 g/mol. The minimum Gasteiger partial charge on any atom is -0.337 e. The molecule has 3 aromatic heterocycles. The van der Waals surface area contributed by atoms with Crippen molar-refractivity contribution in [1.82, 2.24) is 24.6 Å². The number of nitrogens with zero attached hydrogens (tertiary/aromatic N) is 5. The number of halogens is 1. The van der Waals surface area contributed by atoms with Crippen molar-refractivity contribution >= 4 is 28.8 Å². The average Bonchev–Trinajstić information content (AvgIpc) is 3.27. The van der Waals surface area contributed by atoms with Crippen LogP contribution in [0.25, 0.3) is 16.9 Å². The summed E-state index contributed by atoms with van der Waals surface area (Å²) in [6.45, 7) is 0. The zero-order chi connectivity index (χ0) is 16.5. The van der Waals surface area contributed by atoms with E-state index in [1.807, 2.05) is 16.7 Å². The molecule has 1 aromatic carbocycles. The Balaban J connectivity index is 1.76. The fraction of sp³-hybridized carbons (Fsp3) is 0. The largest absolute Gasteiger partial charge is 0.337 e. The minimum absolute atomic E-state index is 0.386. The maximum absolute atomic E-state index is 8.95. The van der Waals surface area contributed by atoms with Crippen LogP contribution in [0.2, 0.25) is 5.02 Å². The van der Waals surface area contributed by atoms with Gasteiger partial charge < -0.3 is 5.32 Å². The zero-order valence-electron chi connectivity index (χ0n) is 12.2. The normalized spacial score (nSPS) is 10.7. The van der Waals surface area contributed by atoms with E-state index in [2.05, 4.69) is 25.5 Å². The molecule has 0 unspecified atom stereocenters. The summed E-state index contributed by atoms with van der Waals surface area (Å²) in [4.78, 5) is 8.82. The number of imidazole rings is 1. The lowest BCUT2D eigenvalue weighted by molar-refractivity contribution is 1.09. The molecule has 3 heterocycles. The van der Waals surface area contributed by atoms with Gasteiger partial charge in [-0.05, 0) is 18.2 Å². The predicted octanol–water partition coefficient (Wildman–Crippen LogP) is 3.39. The lowest BCUT2D eigenvalue weighted by Crippen LogP contribution is -2.00. The summed E-state index contributed by atoms with van der Waals surface area (Å²) in [7, 11) is 0. The Labute approximate surface area is 141 Å². The van der Waals surface area contributed by atoms with Gasteiger partial charge in [0.15, 0.2) is 11.5 Å². The summed E-state index contributed by atoms with van der Waals surface area (Å²) in [5.74, 6) is 0.591. The Morgan fingerprint density at radius 1 is 1.25 bits per heavy atom. The van der Waals surface area contributed by atoms with Gasteiger partial charge in [-0.3, -0.25) is 9.50 Å².